The number of rotatable bonds is 3. The molecule has 2 rings (SSSR count). The van der Waals surface area contributed by atoms with Crippen LogP contribution in [0.25, 0.3) is 0 Å². The number of nitrogens with two attached hydrogens (primary N) is 1. The second-order valence-corrected chi connectivity index (χ2v) is 4.76. The van der Waals surface area contributed by atoms with Crippen LogP contribution in [0.5, 0.6) is 5.75 Å². The van der Waals surface area contributed by atoms with E-state index < -0.39 is 0 Å². The Hall–Kier alpha value is -2.24. The fourth-order valence-corrected chi connectivity index (χ4v) is 1.96. The summed E-state index contributed by atoms with van der Waals surface area (Å²) in [5.74, 6) is 6.78. The standard InChI is InChI=1S/C18H19NO/c1-14-5-10-18(15(2)12-14)20-13-17-8-6-16(7-9-17)4-3-11-19/h5-10,12H,11,13,19H2,1-2H3. The van der Waals surface area contributed by atoms with Crippen LogP contribution in [-0.4, -0.2) is 6.54 Å². The predicted molar refractivity (Wildman–Crippen MR) is 82.6 cm³/mol. The zero-order valence-corrected chi connectivity index (χ0v) is 11.9. The molecule has 2 nitrogen and oxygen atoms in total. The highest BCUT2D eigenvalue weighted by Gasteiger charge is 2.00. The van der Waals surface area contributed by atoms with E-state index in [9.17, 15) is 0 Å². The molecule has 0 saturated carbocycles. The third-order valence-corrected chi connectivity index (χ3v) is 3.01. The summed E-state index contributed by atoms with van der Waals surface area (Å²) < 4.78 is 5.84. The zero-order chi connectivity index (χ0) is 14.4. The van der Waals surface area contributed by atoms with Crippen LogP contribution in [0.2, 0.25) is 0 Å². The van der Waals surface area contributed by atoms with E-state index in [4.69, 9.17) is 10.5 Å². The number of benzene rings is 2. The zero-order valence-electron chi connectivity index (χ0n) is 11.9. The molecule has 0 spiro atoms. The summed E-state index contributed by atoms with van der Waals surface area (Å²) >= 11 is 0. The third-order valence-electron chi connectivity index (χ3n) is 3.01. The molecule has 20 heavy (non-hydrogen) atoms. The molecule has 0 aliphatic carbocycles. The van der Waals surface area contributed by atoms with Crippen molar-refractivity contribution < 1.29 is 4.74 Å². The van der Waals surface area contributed by atoms with Crippen molar-refractivity contribution in [2.24, 2.45) is 5.73 Å². The van der Waals surface area contributed by atoms with Crippen molar-refractivity contribution in [2.45, 2.75) is 20.5 Å². The monoisotopic (exact) mass is 265 g/mol. The molecule has 0 fully saturated rings. The smallest absolute Gasteiger partial charge is 0.122 e. The van der Waals surface area contributed by atoms with Crippen LogP contribution >= 0.6 is 0 Å². The molecule has 2 heteroatoms. The lowest BCUT2D eigenvalue weighted by Crippen LogP contribution is -1.97. The van der Waals surface area contributed by atoms with Gasteiger partial charge in [0.2, 0.25) is 0 Å². The van der Waals surface area contributed by atoms with Crippen molar-refractivity contribution in [1.29, 1.82) is 0 Å². The van der Waals surface area contributed by atoms with E-state index in [1.165, 1.54) is 5.56 Å². The van der Waals surface area contributed by atoms with E-state index in [0.29, 0.717) is 13.2 Å². The fraction of sp³-hybridized carbons (Fsp3) is 0.222. The molecule has 0 aliphatic rings. The molecule has 0 atom stereocenters. The topological polar surface area (TPSA) is 35.2 Å². The second-order valence-electron chi connectivity index (χ2n) is 4.76. The van der Waals surface area contributed by atoms with Crippen LogP contribution in [0.1, 0.15) is 22.3 Å². The summed E-state index contributed by atoms with van der Waals surface area (Å²) in [6.45, 7) is 5.10. The van der Waals surface area contributed by atoms with Crippen LogP contribution in [0.3, 0.4) is 0 Å². The van der Waals surface area contributed by atoms with Gasteiger partial charge in [-0.25, -0.2) is 0 Å². The molecule has 0 bridgehead atoms. The van der Waals surface area contributed by atoms with Crippen molar-refractivity contribution in [1.82, 2.24) is 0 Å². The van der Waals surface area contributed by atoms with Crippen LogP contribution < -0.4 is 10.5 Å². The first-order chi connectivity index (χ1) is 9.69. The Morgan fingerprint density at radius 1 is 1.05 bits per heavy atom. The Labute approximate surface area is 120 Å². The van der Waals surface area contributed by atoms with Gasteiger partial charge in [0, 0.05) is 5.56 Å². The minimum absolute atomic E-state index is 0.386. The van der Waals surface area contributed by atoms with E-state index in [1.807, 2.05) is 30.3 Å². The molecule has 2 N–H and O–H groups in total. The van der Waals surface area contributed by atoms with E-state index >= 15 is 0 Å². The lowest BCUT2D eigenvalue weighted by molar-refractivity contribution is 0.304. The van der Waals surface area contributed by atoms with Gasteiger partial charge in [-0.05, 0) is 43.2 Å². The summed E-state index contributed by atoms with van der Waals surface area (Å²) in [6, 6.07) is 14.3. The molecule has 0 aromatic heterocycles. The van der Waals surface area contributed by atoms with Gasteiger partial charge in [-0.15, -0.1) is 0 Å². The maximum atomic E-state index is 5.84. The first-order valence-electron chi connectivity index (χ1n) is 6.67. The molecule has 0 saturated heterocycles. The normalized spacial score (nSPS) is 9.75. The quantitative estimate of drug-likeness (QED) is 0.865. The first kappa shape index (κ1) is 14.2. The molecule has 0 amide bonds. The van der Waals surface area contributed by atoms with Crippen molar-refractivity contribution in [3.63, 3.8) is 0 Å². The summed E-state index contributed by atoms with van der Waals surface area (Å²) in [4.78, 5) is 0. The maximum absolute atomic E-state index is 5.84. The highest BCUT2D eigenvalue weighted by atomic mass is 16.5. The first-order valence-corrected chi connectivity index (χ1v) is 6.67. The van der Waals surface area contributed by atoms with E-state index in [2.05, 4.69) is 37.8 Å². The van der Waals surface area contributed by atoms with E-state index in [-0.39, 0.29) is 0 Å². The average Bonchev–Trinajstić information content (AvgIpc) is 2.45. The Balaban J connectivity index is 2.00. The maximum Gasteiger partial charge on any atom is 0.122 e. The molecule has 2 aromatic carbocycles. The Kier molecular flexibility index (Phi) is 4.81. The molecule has 102 valence electrons. The van der Waals surface area contributed by atoms with Gasteiger partial charge in [0.1, 0.15) is 12.4 Å². The molecule has 0 heterocycles. The van der Waals surface area contributed by atoms with Crippen LogP contribution in [-0.2, 0) is 6.61 Å². The van der Waals surface area contributed by atoms with Gasteiger partial charge in [-0.1, -0.05) is 41.7 Å². The van der Waals surface area contributed by atoms with E-state index in [1.54, 1.807) is 0 Å². The number of ether oxygens (including phenoxy) is 1. The molecule has 0 unspecified atom stereocenters. The van der Waals surface area contributed by atoms with Gasteiger partial charge in [0.15, 0.2) is 0 Å². The Bertz CT molecular complexity index is 633. The Morgan fingerprint density at radius 2 is 1.80 bits per heavy atom. The fourth-order valence-electron chi connectivity index (χ4n) is 1.96. The number of aryl methyl sites for hydroxylation is 2. The van der Waals surface area contributed by atoms with Crippen LogP contribution in [0.15, 0.2) is 42.5 Å². The van der Waals surface area contributed by atoms with Gasteiger partial charge in [0.25, 0.3) is 0 Å². The summed E-state index contributed by atoms with van der Waals surface area (Å²) in [5.41, 5.74) is 9.87. The SMILES string of the molecule is Cc1ccc(OCc2ccc(C#CCN)cc2)c(C)c1. The van der Waals surface area contributed by atoms with Gasteiger partial charge in [0.05, 0.1) is 6.54 Å². The molecule has 0 aliphatic heterocycles. The van der Waals surface area contributed by atoms with Gasteiger partial charge < -0.3 is 10.5 Å². The molecular weight excluding hydrogens is 246 g/mol. The molecular formula is C18H19NO. The van der Waals surface area contributed by atoms with Crippen molar-refractivity contribution in [2.75, 3.05) is 6.54 Å². The van der Waals surface area contributed by atoms with Gasteiger partial charge in [-0.3, -0.25) is 0 Å². The largest absolute Gasteiger partial charge is 0.489 e. The minimum atomic E-state index is 0.386. The lowest BCUT2D eigenvalue weighted by Gasteiger charge is -2.09. The Morgan fingerprint density at radius 3 is 2.45 bits per heavy atom. The molecule has 2 aromatic rings. The third kappa shape index (κ3) is 3.88. The number of hydrogen-bond donors (Lipinski definition) is 1. The van der Waals surface area contributed by atoms with Crippen LogP contribution in [0, 0.1) is 25.7 Å². The second kappa shape index (κ2) is 6.79. The van der Waals surface area contributed by atoms with Crippen molar-refractivity contribution in [3.05, 3.63) is 64.7 Å². The predicted octanol–water partition coefficient (Wildman–Crippen LogP) is 3.19. The molecule has 0 radical (unpaired) electrons. The lowest BCUT2D eigenvalue weighted by atomic mass is 10.1. The van der Waals surface area contributed by atoms with E-state index in [0.717, 1.165) is 22.4 Å². The minimum Gasteiger partial charge on any atom is -0.489 e. The van der Waals surface area contributed by atoms with Gasteiger partial charge >= 0.3 is 0 Å². The van der Waals surface area contributed by atoms with Crippen molar-refractivity contribution in [3.8, 4) is 17.6 Å². The number of hydrogen-bond acceptors (Lipinski definition) is 2. The average molecular weight is 265 g/mol. The highest BCUT2D eigenvalue weighted by Crippen LogP contribution is 2.20. The summed E-state index contributed by atoms with van der Waals surface area (Å²) in [7, 11) is 0. The summed E-state index contributed by atoms with van der Waals surface area (Å²) in [5, 5.41) is 0. The van der Waals surface area contributed by atoms with Crippen molar-refractivity contribution >= 4 is 0 Å². The van der Waals surface area contributed by atoms with Gasteiger partial charge in [-0.2, -0.15) is 0 Å². The summed E-state index contributed by atoms with van der Waals surface area (Å²) in [6.07, 6.45) is 0. The highest BCUT2D eigenvalue weighted by molar-refractivity contribution is 5.37. The van der Waals surface area contributed by atoms with Crippen LogP contribution in [0.4, 0.5) is 0 Å².